The van der Waals surface area contributed by atoms with Gasteiger partial charge in [0, 0.05) is 16.5 Å². The van der Waals surface area contributed by atoms with Gasteiger partial charge >= 0.3 is 0 Å². The molecule has 4 heteroatoms. The fraction of sp³-hybridized carbons (Fsp3) is 0. The number of fused-ring (bicyclic) bond motifs is 2. The first kappa shape index (κ1) is 15.5. The molecular weight excluding hydrogens is 300 g/mol. The molecule has 0 saturated heterocycles. The van der Waals surface area contributed by atoms with E-state index in [1.165, 1.54) is 0 Å². The molecule has 6 N–H and O–H groups in total. The summed E-state index contributed by atoms with van der Waals surface area (Å²) in [6.45, 7) is 0. The summed E-state index contributed by atoms with van der Waals surface area (Å²) in [7, 11) is 0. The molecule has 0 saturated carbocycles. The molecule has 0 aliphatic heterocycles. The van der Waals surface area contributed by atoms with Crippen molar-refractivity contribution in [2.45, 2.75) is 0 Å². The van der Waals surface area contributed by atoms with E-state index in [1.54, 1.807) is 18.2 Å². The quantitative estimate of drug-likeness (QED) is 0.288. The Hall–Kier alpha value is -3.40. The number of nitrogen functional groups attached to an aromatic ring is 2. The van der Waals surface area contributed by atoms with Gasteiger partial charge in [-0.15, -0.1) is 0 Å². The van der Waals surface area contributed by atoms with Crippen LogP contribution in [0.4, 0.5) is 11.4 Å². The fourth-order valence-corrected chi connectivity index (χ4v) is 2.56. The first-order valence-electron chi connectivity index (χ1n) is 7.49. The highest BCUT2D eigenvalue weighted by atomic mass is 16.3. The van der Waals surface area contributed by atoms with Gasteiger partial charge in [0.2, 0.25) is 0 Å². The lowest BCUT2D eigenvalue weighted by molar-refractivity contribution is 0.476. The van der Waals surface area contributed by atoms with Crippen LogP contribution in [0.5, 0.6) is 11.5 Å². The van der Waals surface area contributed by atoms with Gasteiger partial charge < -0.3 is 21.7 Å². The molecule has 4 aromatic carbocycles. The smallest absolute Gasteiger partial charge is 0.146 e. The predicted molar refractivity (Wildman–Crippen MR) is 100 cm³/mol. The maximum Gasteiger partial charge on any atom is 0.146 e. The molecule has 4 nitrogen and oxygen atoms in total. The van der Waals surface area contributed by atoms with Gasteiger partial charge in [-0.05, 0) is 35.0 Å². The van der Waals surface area contributed by atoms with Crippen LogP contribution in [0.2, 0.25) is 0 Å². The van der Waals surface area contributed by atoms with Gasteiger partial charge in [-0.25, -0.2) is 0 Å². The van der Waals surface area contributed by atoms with E-state index in [-0.39, 0.29) is 11.5 Å². The lowest BCUT2D eigenvalue weighted by Gasteiger charge is -2.02. The molecule has 24 heavy (non-hydrogen) atoms. The van der Waals surface area contributed by atoms with E-state index in [0.717, 1.165) is 21.5 Å². The molecule has 0 fully saturated rings. The Morgan fingerprint density at radius 1 is 0.583 bits per heavy atom. The molecule has 0 atom stereocenters. The Morgan fingerprint density at radius 3 is 2.08 bits per heavy atom. The minimum atomic E-state index is 0.174. The summed E-state index contributed by atoms with van der Waals surface area (Å²) in [4.78, 5) is 0. The highest BCUT2D eigenvalue weighted by molar-refractivity contribution is 5.94. The number of nitrogens with two attached hydrogens (primary N) is 2. The first-order valence-corrected chi connectivity index (χ1v) is 7.49. The van der Waals surface area contributed by atoms with Crippen LogP contribution in [0.25, 0.3) is 21.5 Å². The van der Waals surface area contributed by atoms with Crippen LogP contribution in [0, 0.1) is 0 Å². The molecule has 0 aliphatic carbocycles. The summed E-state index contributed by atoms with van der Waals surface area (Å²) in [5.74, 6) is 0.425. The van der Waals surface area contributed by atoms with E-state index in [9.17, 15) is 10.2 Å². The highest BCUT2D eigenvalue weighted by Crippen LogP contribution is 2.29. The summed E-state index contributed by atoms with van der Waals surface area (Å²) in [6.07, 6.45) is 0. The molecule has 0 spiro atoms. The standard InChI is InChI=1S/2C10H9NO/c11-10-3-1-2-7-4-5-8(12)6-9(7)10;11-9-6-5-7-3-1-2-4-8(7)10(9)12/h2*1-6,12H,11H2. The van der Waals surface area contributed by atoms with E-state index < -0.39 is 0 Å². The summed E-state index contributed by atoms with van der Waals surface area (Å²) in [6, 6.07) is 22.0. The molecule has 0 heterocycles. The second-order valence-electron chi connectivity index (χ2n) is 5.48. The van der Waals surface area contributed by atoms with Crippen LogP contribution in [-0.4, -0.2) is 10.2 Å². The number of anilines is 2. The van der Waals surface area contributed by atoms with Gasteiger partial charge in [0.15, 0.2) is 0 Å². The lowest BCUT2D eigenvalue weighted by Crippen LogP contribution is -1.85. The van der Waals surface area contributed by atoms with Gasteiger partial charge in [0.05, 0.1) is 5.69 Å². The fourth-order valence-electron chi connectivity index (χ4n) is 2.56. The Labute approximate surface area is 139 Å². The van der Waals surface area contributed by atoms with Crippen LogP contribution >= 0.6 is 0 Å². The van der Waals surface area contributed by atoms with Crippen molar-refractivity contribution in [1.29, 1.82) is 0 Å². The van der Waals surface area contributed by atoms with E-state index in [1.807, 2.05) is 54.6 Å². The minimum Gasteiger partial charge on any atom is -0.508 e. The van der Waals surface area contributed by atoms with Gasteiger partial charge in [-0.1, -0.05) is 48.5 Å². The molecule has 0 radical (unpaired) electrons. The molecule has 0 amide bonds. The normalized spacial score (nSPS) is 10.3. The zero-order valence-electron chi connectivity index (χ0n) is 13.0. The molecule has 4 rings (SSSR count). The Kier molecular flexibility index (Phi) is 4.12. The SMILES string of the molecule is Nc1ccc2ccccc2c1O.Nc1cccc2ccc(O)cc12. The average molecular weight is 318 g/mol. The van der Waals surface area contributed by atoms with Crippen molar-refractivity contribution in [3.63, 3.8) is 0 Å². The summed E-state index contributed by atoms with van der Waals surface area (Å²) >= 11 is 0. The topological polar surface area (TPSA) is 92.5 Å². The van der Waals surface area contributed by atoms with Crippen LogP contribution < -0.4 is 11.5 Å². The second kappa shape index (κ2) is 6.38. The van der Waals surface area contributed by atoms with Crippen LogP contribution in [-0.2, 0) is 0 Å². The van der Waals surface area contributed by atoms with Crippen LogP contribution in [0.1, 0.15) is 0 Å². The Bertz CT molecular complexity index is 997. The maximum atomic E-state index is 9.53. The van der Waals surface area contributed by atoms with E-state index in [4.69, 9.17) is 11.5 Å². The van der Waals surface area contributed by atoms with Crippen LogP contribution in [0.3, 0.4) is 0 Å². The average Bonchev–Trinajstić information content (AvgIpc) is 2.60. The molecule has 0 unspecified atom stereocenters. The summed E-state index contributed by atoms with van der Waals surface area (Å²) in [5.41, 5.74) is 12.4. The van der Waals surface area contributed by atoms with Crippen molar-refractivity contribution in [3.8, 4) is 11.5 Å². The summed E-state index contributed by atoms with van der Waals surface area (Å²) in [5, 5.41) is 22.5. The minimum absolute atomic E-state index is 0.174. The Morgan fingerprint density at radius 2 is 1.25 bits per heavy atom. The molecular formula is C20H18N2O2. The van der Waals surface area contributed by atoms with Gasteiger partial charge in [-0.2, -0.15) is 0 Å². The van der Waals surface area contributed by atoms with E-state index in [2.05, 4.69) is 0 Å². The van der Waals surface area contributed by atoms with Gasteiger partial charge in [0.25, 0.3) is 0 Å². The third-order valence-corrected chi connectivity index (χ3v) is 3.83. The molecule has 120 valence electrons. The van der Waals surface area contributed by atoms with Gasteiger partial charge in [-0.3, -0.25) is 0 Å². The number of rotatable bonds is 0. The third kappa shape index (κ3) is 3.03. The third-order valence-electron chi connectivity index (χ3n) is 3.83. The number of hydrogen-bond donors (Lipinski definition) is 4. The van der Waals surface area contributed by atoms with Gasteiger partial charge in [0.1, 0.15) is 11.5 Å². The highest BCUT2D eigenvalue weighted by Gasteiger charge is 2.01. The van der Waals surface area contributed by atoms with Crippen molar-refractivity contribution < 1.29 is 10.2 Å². The Balaban J connectivity index is 0.000000141. The first-order chi connectivity index (χ1) is 11.6. The maximum absolute atomic E-state index is 9.53. The second-order valence-corrected chi connectivity index (χ2v) is 5.48. The predicted octanol–water partition coefficient (Wildman–Crippen LogP) is 4.26. The van der Waals surface area contributed by atoms with Crippen LogP contribution in [0.15, 0.2) is 72.8 Å². The lowest BCUT2D eigenvalue weighted by atomic mass is 10.1. The number of phenols is 2. The van der Waals surface area contributed by atoms with E-state index in [0.29, 0.717) is 11.4 Å². The number of aromatic hydroxyl groups is 2. The molecule has 0 bridgehead atoms. The molecule has 0 aliphatic rings. The number of benzene rings is 4. The van der Waals surface area contributed by atoms with Crippen molar-refractivity contribution in [3.05, 3.63) is 72.8 Å². The number of phenolic OH excluding ortho intramolecular Hbond substituents is 2. The van der Waals surface area contributed by atoms with Crippen molar-refractivity contribution in [2.24, 2.45) is 0 Å². The van der Waals surface area contributed by atoms with Crippen molar-refractivity contribution in [2.75, 3.05) is 11.5 Å². The van der Waals surface area contributed by atoms with Crippen molar-refractivity contribution >= 4 is 32.9 Å². The summed E-state index contributed by atoms with van der Waals surface area (Å²) < 4.78 is 0. The zero-order chi connectivity index (χ0) is 17.1. The number of hydrogen-bond acceptors (Lipinski definition) is 4. The largest absolute Gasteiger partial charge is 0.508 e. The molecule has 4 aromatic rings. The zero-order valence-corrected chi connectivity index (χ0v) is 13.0. The molecule has 0 aromatic heterocycles. The van der Waals surface area contributed by atoms with Crippen molar-refractivity contribution in [1.82, 2.24) is 0 Å². The monoisotopic (exact) mass is 318 g/mol. The van der Waals surface area contributed by atoms with E-state index >= 15 is 0 Å².